The smallest absolute Gasteiger partial charge is 0.263 e. The van der Waals surface area contributed by atoms with Crippen molar-refractivity contribution in [3.05, 3.63) is 21.4 Å². The van der Waals surface area contributed by atoms with Gasteiger partial charge in [-0.15, -0.1) is 11.3 Å². The highest BCUT2D eigenvalue weighted by atomic mass is 32.1. The van der Waals surface area contributed by atoms with E-state index in [1.54, 1.807) is 4.90 Å². The molecule has 0 aromatic carbocycles. The van der Waals surface area contributed by atoms with E-state index < -0.39 is 0 Å². The first-order valence-corrected chi connectivity index (χ1v) is 7.47. The molecule has 0 saturated heterocycles. The highest BCUT2D eigenvalue weighted by Crippen LogP contribution is 2.27. The molecule has 20 heavy (non-hydrogen) atoms. The van der Waals surface area contributed by atoms with Gasteiger partial charge in [-0.3, -0.25) is 4.79 Å². The summed E-state index contributed by atoms with van der Waals surface area (Å²) in [6.45, 7) is 10.2. The van der Waals surface area contributed by atoms with Gasteiger partial charge in [0.25, 0.3) is 5.91 Å². The van der Waals surface area contributed by atoms with Gasteiger partial charge in [-0.05, 0) is 30.9 Å². The number of rotatable bonds is 2. The number of hydrogen-bond donors (Lipinski definition) is 1. The molecule has 1 unspecified atom stereocenters. The van der Waals surface area contributed by atoms with Gasteiger partial charge in [-0.25, -0.2) is 0 Å². The quantitative estimate of drug-likeness (QED) is 0.852. The average Bonchev–Trinajstić information content (AvgIpc) is 2.74. The number of carbonyl (C=O) groups is 1. The summed E-state index contributed by atoms with van der Waals surface area (Å²) in [4.78, 5) is 15.8. The van der Waals surface area contributed by atoms with Crippen LogP contribution in [0.25, 0.3) is 0 Å². The Morgan fingerprint density at radius 3 is 2.60 bits per heavy atom. The first kappa shape index (κ1) is 16.7. The predicted molar refractivity (Wildman–Crippen MR) is 84.0 cm³/mol. The summed E-state index contributed by atoms with van der Waals surface area (Å²) < 4.78 is 0. The highest BCUT2D eigenvalue weighted by Gasteiger charge is 2.28. The summed E-state index contributed by atoms with van der Waals surface area (Å²) in [6.07, 6.45) is 0. The Morgan fingerprint density at radius 2 is 2.10 bits per heavy atom. The standard InChI is InChI=1S/C16H23NO2S/c1-11-10-14(20-13(11)8-7-9-18)15(19)17(6)12(2)16(3,4)5/h10,12,18H,9H2,1-6H3. The fourth-order valence-corrected chi connectivity index (χ4v) is 2.79. The Morgan fingerprint density at radius 1 is 1.50 bits per heavy atom. The highest BCUT2D eigenvalue weighted by molar-refractivity contribution is 7.14. The Kier molecular flexibility index (Phi) is 5.38. The lowest BCUT2D eigenvalue weighted by Crippen LogP contribution is -2.42. The molecule has 0 saturated carbocycles. The van der Waals surface area contributed by atoms with Crippen molar-refractivity contribution in [2.45, 2.75) is 40.7 Å². The van der Waals surface area contributed by atoms with Crippen LogP contribution >= 0.6 is 11.3 Å². The number of aryl methyl sites for hydroxylation is 1. The second-order valence-corrected chi connectivity index (χ2v) is 7.09. The lowest BCUT2D eigenvalue weighted by Gasteiger charge is -2.35. The minimum Gasteiger partial charge on any atom is -0.384 e. The van der Waals surface area contributed by atoms with Crippen LogP contribution in [0, 0.1) is 24.2 Å². The number of amides is 1. The van der Waals surface area contributed by atoms with E-state index in [2.05, 4.69) is 39.5 Å². The Labute approximate surface area is 125 Å². The van der Waals surface area contributed by atoms with E-state index >= 15 is 0 Å². The summed E-state index contributed by atoms with van der Waals surface area (Å²) in [5.74, 6) is 5.53. The van der Waals surface area contributed by atoms with Crippen LogP contribution in [0.2, 0.25) is 0 Å². The lowest BCUT2D eigenvalue weighted by atomic mass is 9.87. The van der Waals surface area contributed by atoms with Crippen molar-refractivity contribution in [2.75, 3.05) is 13.7 Å². The maximum absolute atomic E-state index is 12.5. The third kappa shape index (κ3) is 3.84. The average molecular weight is 293 g/mol. The molecule has 0 radical (unpaired) electrons. The van der Waals surface area contributed by atoms with E-state index in [0.717, 1.165) is 10.4 Å². The van der Waals surface area contributed by atoms with Crippen molar-refractivity contribution < 1.29 is 9.90 Å². The molecule has 1 heterocycles. The van der Waals surface area contributed by atoms with E-state index in [1.165, 1.54) is 11.3 Å². The molecular formula is C16H23NO2S. The van der Waals surface area contributed by atoms with Crippen LogP contribution in [-0.4, -0.2) is 35.6 Å². The van der Waals surface area contributed by atoms with Gasteiger partial charge in [0.2, 0.25) is 0 Å². The predicted octanol–water partition coefficient (Wildman–Crippen LogP) is 2.91. The molecule has 0 aliphatic carbocycles. The zero-order chi connectivity index (χ0) is 15.5. The van der Waals surface area contributed by atoms with Gasteiger partial charge >= 0.3 is 0 Å². The molecule has 1 atom stereocenters. The van der Waals surface area contributed by atoms with Gasteiger partial charge in [0.1, 0.15) is 6.61 Å². The van der Waals surface area contributed by atoms with Crippen LogP contribution in [0.5, 0.6) is 0 Å². The molecule has 1 aromatic heterocycles. The fourth-order valence-electron chi connectivity index (χ4n) is 1.76. The van der Waals surface area contributed by atoms with Crippen LogP contribution in [-0.2, 0) is 0 Å². The maximum atomic E-state index is 12.5. The van der Waals surface area contributed by atoms with Gasteiger partial charge in [0, 0.05) is 13.1 Å². The minimum atomic E-state index is -0.165. The maximum Gasteiger partial charge on any atom is 0.263 e. The molecule has 110 valence electrons. The first-order valence-electron chi connectivity index (χ1n) is 6.65. The summed E-state index contributed by atoms with van der Waals surface area (Å²) in [5.41, 5.74) is 1.02. The van der Waals surface area contributed by atoms with Crippen molar-refractivity contribution in [1.29, 1.82) is 0 Å². The van der Waals surface area contributed by atoms with Crippen molar-refractivity contribution in [3.8, 4) is 11.8 Å². The molecule has 0 bridgehead atoms. The molecule has 1 rings (SSSR count). The topological polar surface area (TPSA) is 40.5 Å². The molecule has 0 fully saturated rings. The second kappa shape index (κ2) is 6.43. The minimum absolute atomic E-state index is 0.0255. The number of aliphatic hydroxyl groups is 1. The van der Waals surface area contributed by atoms with Gasteiger partial charge in [-0.2, -0.15) is 0 Å². The number of hydrogen-bond acceptors (Lipinski definition) is 3. The third-order valence-electron chi connectivity index (χ3n) is 3.56. The largest absolute Gasteiger partial charge is 0.384 e. The molecular weight excluding hydrogens is 270 g/mol. The second-order valence-electron chi connectivity index (χ2n) is 6.04. The molecule has 0 spiro atoms. The molecule has 4 heteroatoms. The number of thiophene rings is 1. The summed E-state index contributed by atoms with van der Waals surface area (Å²) in [7, 11) is 1.84. The van der Waals surface area contributed by atoms with Crippen LogP contribution < -0.4 is 0 Å². The summed E-state index contributed by atoms with van der Waals surface area (Å²) in [5, 5.41) is 8.74. The third-order valence-corrected chi connectivity index (χ3v) is 4.70. The number of aliphatic hydroxyl groups excluding tert-OH is 1. The van der Waals surface area contributed by atoms with E-state index in [-0.39, 0.29) is 24.0 Å². The molecule has 0 aliphatic rings. The van der Waals surface area contributed by atoms with Gasteiger partial charge in [-0.1, -0.05) is 32.6 Å². The van der Waals surface area contributed by atoms with Gasteiger partial charge < -0.3 is 10.0 Å². The summed E-state index contributed by atoms with van der Waals surface area (Å²) >= 11 is 1.39. The van der Waals surface area contributed by atoms with E-state index in [4.69, 9.17) is 5.11 Å². The van der Waals surface area contributed by atoms with Crippen molar-refractivity contribution >= 4 is 17.2 Å². The van der Waals surface area contributed by atoms with Gasteiger partial charge in [0.15, 0.2) is 0 Å². The number of nitrogens with zero attached hydrogens (tertiary/aromatic N) is 1. The SMILES string of the molecule is Cc1cc(C(=O)N(C)C(C)C(C)(C)C)sc1C#CCO. The number of carbonyl (C=O) groups excluding carboxylic acids is 1. The van der Waals surface area contributed by atoms with Crippen LogP contribution in [0.3, 0.4) is 0 Å². The molecule has 3 nitrogen and oxygen atoms in total. The van der Waals surface area contributed by atoms with E-state index in [1.807, 2.05) is 20.0 Å². The molecule has 1 N–H and O–H groups in total. The summed E-state index contributed by atoms with van der Waals surface area (Å²) in [6, 6.07) is 2.02. The van der Waals surface area contributed by atoms with E-state index in [0.29, 0.717) is 4.88 Å². The fraction of sp³-hybridized carbons (Fsp3) is 0.562. The zero-order valence-corrected chi connectivity index (χ0v) is 13.9. The van der Waals surface area contributed by atoms with Gasteiger partial charge in [0.05, 0.1) is 9.75 Å². The Hall–Kier alpha value is -1.31. The Bertz CT molecular complexity index is 543. The van der Waals surface area contributed by atoms with Crippen molar-refractivity contribution in [3.63, 3.8) is 0 Å². The molecule has 1 amide bonds. The Balaban J connectivity index is 2.99. The van der Waals surface area contributed by atoms with Crippen molar-refractivity contribution in [2.24, 2.45) is 5.41 Å². The zero-order valence-electron chi connectivity index (χ0n) is 13.1. The monoisotopic (exact) mass is 293 g/mol. The van der Waals surface area contributed by atoms with Crippen molar-refractivity contribution in [1.82, 2.24) is 4.90 Å². The van der Waals surface area contributed by atoms with Crippen LogP contribution in [0.1, 0.15) is 47.8 Å². The lowest BCUT2D eigenvalue weighted by molar-refractivity contribution is 0.0634. The molecule has 1 aromatic rings. The van der Waals surface area contributed by atoms with E-state index in [9.17, 15) is 4.79 Å². The normalized spacial score (nSPS) is 12.6. The molecule has 0 aliphatic heterocycles. The van der Waals surface area contributed by atoms with Crippen LogP contribution in [0.15, 0.2) is 6.07 Å². The van der Waals surface area contributed by atoms with Crippen LogP contribution in [0.4, 0.5) is 0 Å². The first-order chi connectivity index (χ1) is 9.18.